The van der Waals surface area contributed by atoms with Crippen molar-refractivity contribution in [3.63, 3.8) is 0 Å². The molecule has 2 aromatic rings. The topological polar surface area (TPSA) is 72.0 Å². The van der Waals surface area contributed by atoms with Gasteiger partial charge in [-0.05, 0) is 27.5 Å². The molecule has 2 rings (SSSR count). The largest absolute Gasteiger partial charge is 0.396 e. The number of hydrogen-bond acceptors (Lipinski definition) is 6. The van der Waals surface area contributed by atoms with Gasteiger partial charge in [0, 0.05) is 11.8 Å². The van der Waals surface area contributed by atoms with Crippen molar-refractivity contribution in [2.75, 3.05) is 6.61 Å². The lowest BCUT2D eigenvalue weighted by Crippen LogP contribution is -1.92. The fourth-order valence-corrected chi connectivity index (χ4v) is 2.08. The van der Waals surface area contributed by atoms with E-state index in [2.05, 4.69) is 30.4 Å². The van der Waals surface area contributed by atoms with E-state index >= 15 is 0 Å². The minimum absolute atomic E-state index is 0.0111. The highest BCUT2D eigenvalue weighted by molar-refractivity contribution is 9.10. The first-order valence-corrected chi connectivity index (χ1v) is 5.48. The zero-order chi connectivity index (χ0) is 9.97. The second kappa shape index (κ2) is 4.16. The van der Waals surface area contributed by atoms with Crippen LogP contribution in [0.15, 0.2) is 14.4 Å². The summed E-state index contributed by atoms with van der Waals surface area (Å²) in [7, 11) is 0. The number of aliphatic hydroxyl groups excluding tert-OH is 1. The monoisotopic (exact) mass is 275 g/mol. The molecule has 7 heteroatoms. The van der Waals surface area contributed by atoms with Crippen molar-refractivity contribution >= 4 is 27.5 Å². The molecule has 0 atom stereocenters. The Labute approximate surface area is 92.1 Å². The van der Waals surface area contributed by atoms with E-state index in [4.69, 9.17) is 9.63 Å². The van der Waals surface area contributed by atoms with Crippen LogP contribution in [0.4, 0.5) is 0 Å². The second-order valence-electron chi connectivity index (χ2n) is 2.50. The predicted molar refractivity (Wildman–Crippen MR) is 53.9 cm³/mol. The lowest BCUT2D eigenvalue weighted by atomic mass is 10.4. The number of nitrogens with zero attached hydrogens (tertiary/aromatic N) is 3. The summed E-state index contributed by atoms with van der Waals surface area (Å²) in [6, 6.07) is 0. The average molecular weight is 276 g/mol. The van der Waals surface area contributed by atoms with Gasteiger partial charge in [-0.25, -0.2) is 0 Å². The maximum Gasteiger partial charge on any atom is 0.278 e. The normalized spacial score (nSPS) is 10.7. The van der Waals surface area contributed by atoms with Crippen LogP contribution in [0, 0.1) is 0 Å². The van der Waals surface area contributed by atoms with Crippen LogP contribution in [0.5, 0.6) is 0 Å². The molecule has 5 nitrogen and oxygen atoms in total. The number of aromatic nitrogens is 3. The van der Waals surface area contributed by atoms with Crippen molar-refractivity contribution in [2.24, 2.45) is 0 Å². The van der Waals surface area contributed by atoms with E-state index in [1.807, 2.05) is 5.38 Å². The summed E-state index contributed by atoms with van der Waals surface area (Å²) in [4.78, 5) is 4.08. The molecule has 0 unspecified atom stereocenters. The minimum atomic E-state index is 0.0111. The van der Waals surface area contributed by atoms with Crippen molar-refractivity contribution in [1.29, 1.82) is 0 Å². The Balaban J connectivity index is 2.29. The van der Waals surface area contributed by atoms with Gasteiger partial charge in [0.2, 0.25) is 0 Å². The minimum Gasteiger partial charge on any atom is -0.396 e. The van der Waals surface area contributed by atoms with Crippen LogP contribution in [0.25, 0.3) is 11.6 Å². The van der Waals surface area contributed by atoms with Gasteiger partial charge in [-0.15, -0.1) is 0 Å². The molecule has 0 bridgehead atoms. The highest BCUT2D eigenvalue weighted by atomic mass is 79.9. The molecule has 0 saturated heterocycles. The molecule has 14 heavy (non-hydrogen) atoms. The van der Waals surface area contributed by atoms with Crippen LogP contribution >= 0.6 is 27.5 Å². The Morgan fingerprint density at radius 2 is 2.43 bits per heavy atom. The van der Waals surface area contributed by atoms with Gasteiger partial charge in [0.1, 0.15) is 0 Å². The molecule has 0 amide bonds. The van der Waals surface area contributed by atoms with Crippen LogP contribution in [0.2, 0.25) is 0 Å². The average Bonchev–Trinajstić information content (AvgIpc) is 2.74. The third-order valence-corrected chi connectivity index (χ3v) is 3.07. The first-order chi connectivity index (χ1) is 6.81. The van der Waals surface area contributed by atoms with Gasteiger partial charge in [-0.2, -0.15) is 9.36 Å². The van der Waals surface area contributed by atoms with E-state index in [0.29, 0.717) is 23.8 Å². The van der Waals surface area contributed by atoms with Gasteiger partial charge in [0.25, 0.3) is 5.89 Å². The summed E-state index contributed by atoms with van der Waals surface area (Å²) in [5.74, 6) is 0.865. The van der Waals surface area contributed by atoms with E-state index < -0.39 is 0 Å². The zero-order valence-corrected chi connectivity index (χ0v) is 9.38. The smallest absolute Gasteiger partial charge is 0.278 e. The van der Waals surface area contributed by atoms with Crippen LogP contribution in [-0.2, 0) is 6.42 Å². The lowest BCUT2D eigenvalue weighted by Gasteiger charge is -1.85. The Hall–Kier alpha value is -0.790. The molecule has 2 aromatic heterocycles. The molecule has 0 spiro atoms. The predicted octanol–water partition coefficient (Wildman–Crippen LogP) is 1.49. The standard InChI is InChI=1S/C7H6BrN3O2S/c8-4-3-14-11-6(4)7-9-5(1-2-12)10-13-7/h3,12H,1-2H2. The quantitative estimate of drug-likeness (QED) is 0.919. The summed E-state index contributed by atoms with van der Waals surface area (Å²) < 4.78 is 9.91. The highest BCUT2D eigenvalue weighted by Gasteiger charge is 2.13. The number of halogens is 1. The van der Waals surface area contributed by atoms with Crippen LogP contribution in [0.1, 0.15) is 5.82 Å². The molecule has 1 N–H and O–H groups in total. The molecular formula is C7H6BrN3O2S. The summed E-state index contributed by atoms with van der Waals surface area (Å²) in [5.41, 5.74) is 0.645. The van der Waals surface area contributed by atoms with E-state index in [0.717, 1.165) is 4.47 Å². The molecule has 0 aromatic carbocycles. The third-order valence-electron chi connectivity index (χ3n) is 1.53. The Morgan fingerprint density at radius 3 is 3.07 bits per heavy atom. The molecule has 2 heterocycles. The van der Waals surface area contributed by atoms with Crippen LogP contribution < -0.4 is 0 Å². The van der Waals surface area contributed by atoms with E-state index in [-0.39, 0.29) is 6.61 Å². The summed E-state index contributed by atoms with van der Waals surface area (Å²) in [6.07, 6.45) is 0.394. The van der Waals surface area contributed by atoms with Gasteiger partial charge in [-0.1, -0.05) is 5.16 Å². The van der Waals surface area contributed by atoms with Crippen molar-refractivity contribution in [1.82, 2.24) is 14.5 Å². The van der Waals surface area contributed by atoms with E-state index in [1.54, 1.807) is 0 Å². The number of rotatable bonds is 3. The number of hydrogen-bond donors (Lipinski definition) is 1. The zero-order valence-electron chi connectivity index (χ0n) is 6.97. The molecule has 0 aliphatic heterocycles. The summed E-state index contributed by atoms with van der Waals surface area (Å²) in [6.45, 7) is 0.0111. The maximum absolute atomic E-state index is 8.67. The first-order valence-electron chi connectivity index (χ1n) is 3.85. The molecule has 0 aliphatic rings. The Bertz CT molecular complexity index is 428. The van der Waals surface area contributed by atoms with E-state index in [1.165, 1.54) is 11.5 Å². The lowest BCUT2D eigenvalue weighted by molar-refractivity contribution is 0.293. The van der Waals surface area contributed by atoms with Gasteiger partial charge < -0.3 is 9.63 Å². The Kier molecular flexibility index (Phi) is 2.90. The van der Waals surface area contributed by atoms with Crippen LogP contribution in [-0.4, -0.2) is 26.2 Å². The molecule has 0 fully saturated rings. The van der Waals surface area contributed by atoms with Crippen molar-refractivity contribution in [3.8, 4) is 11.6 Å². The third kappa shape index (κ3) is 1.84. The summed E-state index contributed by atoms with van der Waals surface area (Å²) in [5, 5.41) is 14.2. The van der Waals surface area contributed by atoms with Gasteiger partial charge in [-0.3, -0.25) is 0 Å². The molecule has 0 saturated carbocycles. The SMILES string of the molecule is OCCc1noc(-c2nscc2Br)n1. The van der Waals surface area contributed by atoms with Gasteiger partial charge >= 0.3 is 0 Å². The molecule has 74 valence electrons. The molecule has 0 aliphatic carbocycles. The molecule has 0 radical (unpaired) electrons. The fraction of sp³-hybridized carbons (Fsp3) is 0.286. The van der Waals surface area contributed by atoms with E-state index in [9.17, 15) is 0 Å². The Morgan fingerprint density at radius 1 is 1.57 bits per heavy atom. The van der Waals surface area contributed by atoms with Crippen molar-refractivity contribution in [3.05, 3.63) is 15.7 Å². The first kappa shape index (κ1) is 9.75. The second-order valence-corrected chi connectivity index (χ2v) is 3.98. The summed E-state index contributed by atoms with van der Waals surface area (Å²) >= 11 is 4.63. The van der Waals surface area contributed by atoms with Crippen LogP contribution in [0.3, 0.4) is 0 Å². The fourth-order valence-electron chi connectivity index (χ4n) is 0.918. The van der Waals surface area contributed by atoms with Gasteiger partial charge in [0.15, 0.2) is 11.5 Å². The van der Waals surface area contributed by atoms with Crippen molar-refractivity contribution in [2.45, 2.75) is 6.42 Å². The van der Waals surface area contributed by atoms with Crippen molar-refractivity contribution < 1.29 is 9.63 Å². The van der Waals surface area contributed by atoms with Gasteiger partial charge in [0.05, 0.1) is 11.1 Å². The number of aliphatic hydroxyl groups is 1. The molecular weight excluding hydrogens is 270 g/mol. The highest BCUT2D eigenvalue weighted by Crippen LogP contribution is 2.26. The maximum atomic E-state index is 8.67.